The summed E-state index contributed by atoms with van der Waals surface area (Å²) in [5, 5.41) is 7.63. The van der Waals surface area contributed by atoms with Crippen LogP contribution in [0.1, 0.15) is 28.3 Å². The third-order valence-corrected chi connectivity index (χ3v) is 6.95. The molecule has 0 fully saturated rings. The van der Waals surface area contributed by atoms with Gasteiger partial charge in [-0.3, -0.25) is 4.90 Å². The molecule has 0 radical (unpaired) electrons. The van der Waals surface area contributed by atoms with Crippen LogP contribution in [0.25, 0.3) is 6.08 Å². The lowest BCUT2D eigenvalue weighted by molar-refractivity contribution is 0.292. The lowest BCUT2D eigenvalue weighted by Gasteiger charge is -2.40. The van der Waals surface area contributed by atoms with Crippen LogP contribution in [0, 0.1) is 6.92 Å². The van der Waals surface area contributed by atoms with E-state index < -0.39 is 0 Å². The van der Waals surface area contributed by atoms with Crippen molar-refractivity contribution in [1.82, 2.24) is 15.5 Å². The van der Waals surface area contributed by atoms with Crippen LogP contribution in [0.2, 0.25) is 0 Å². The van der Waals surface area contributed by atoms with Crippen LogP contribution in [0.15, 0.2) is 89.6 Å². The Labute approximate surface area is 218 Å². The smallest absolute Gasteiger partial charge is 0.171 e. The van der Waals surface area contributed by atoms with Crippen LogP contribution >= 0.6 is 12.2 Å². The highest BCUT2D eigenvalue weighted by Crippen LogP contribution is 2.35. The number of thiocarbonyl (C=S) groups is 1. The van der Waals surface area contributed by atoms with Gasteiger partial charge in [-0.2, -0.15) is 0 Å². The van der Waals surface area contributed by atoms with Crippen molar-refractivity contribution in [1.29, 1.82) is 0 Å². The normalized spacial score (nSPS) is 18.9. The summed E-state index contributed by atoms with van der Waals surface area (Å²) in [5.41, 5.74) is 8.49. The number of rotatable bonds is 6. The van der Waals surface area contributed by atoms with Gasteiger partial charge in [0.25, 0.3) is 0 Å². The molecule has 0 amide bonds. The fourth-order valence-corrected chi connectivity index (χ4v) is 5.05. The molecule has 0 bridgehead atoms. The molecule has 36 heavy (non-hydrogen) atoms. The molecule has 2 heterocycles. The third kappa shape index (κ3) is 5.30. The van der Waals surface area contributed by atoms with Gasteiger partial charge in [-0.05, 0) is 77.3 Å². The van der Waals surface area contributed by atoms with Gasteiger partial charge in [0.2, 0.25) is 0 Å². The molecule has 1 atom stereocenters. The maximum absolute atomic E-state index is 5.66. The Hall–Kier alpha value is -3.61. The van der Waals surface area contributed by atoms with Crippen molar-refractivity contribution in [2.45, 2.75) is 19.5 Å². The van der Waals surface area contributed by atoms with Crippen LogP contribution in [-0.4, -0.2) is 37.3 Å². The van der Waals surface area contributed by atoms with Gasteiger partial charge in [0.1, 0.15) is 11.5 Å². The van der Waals surface area contributed by atoms with Crippen molar-refractivity contribution in [3.63, 3.8) is 0 Å². The van der Waals surface area contributed by atoms with Gasteiger partial charge in [0.05, 0.1) is 20.3 Å². The molecule has 3 aromatic carbocycles. The minimum atomic E-state index is -0.0141. The molecule has 2 aliphatic rings. The summed E-state index contributed by atoms with van der Waals surface area (Å²) < 4.78 is 10.7. The van der Waals surface area contributed by atoms with Crippen LogP contribution < -0.4 is 20.1 Å². The zero-order valence-corrected chi connectivity index (χ0v) is 21.7. The summed E-state index contributed by atoms with van der Waals surface area (Å²) in [6, 6.07) is 25.2. The van der Waals surface area contributed by atoms with Gasteiger partial charge in [0.15, 0.2) is 5.11 Å². The Bertz CT molecular complexity index is 1300. The number of methoxy groups -OCH3 is 2. The largest absolute Gasteiger partial charge is 0.497 e. The molecule has 3 aromatic rings. The standard InChI is InChI=1S/C30H31N3O2S/c1-20-4-6-22(7-5-20)17-33-18-24(16-21-8-12-25(34-2)13-9-21)29-27(19-33)28(31-30(36)32-29)23-10-14-26(35-3)15-11-23/h4-16,28H,17-19H2,1-3H3,(H2,31,32,36)/b24-16+. The minimum absolute atomic E-state index is 0.0141. The summed E-state index contributed by atoms with van der Waals surface area (Å²) in [4.78, 5) is 2.49. The molecule has 5 rings (SSSR count). The molecule has 5 nitrogen and oxygen atoms in total. The summed E-state index contributed by atoms with van der Waals surface area (Å²) in [5.74, 6) is 1.69. The van der Waals surface area contributed by atoms with Crippen molar-refractivity contribution in [3.8, 4) is 11.5 Å². The topological polar surface area (TPSA) is 45.8 Å². The quantitative estimate of drug-likeness (QED) is 0.446. The van der Waals surface area contributed by atoms with E-state index in [4.69, 9.17) is 21.7 Å². The lowest BCUT2D eigenvalue weighted by atomic mass is 9.88. The molecule has 184 valence electrons. The molecular weight excluding hydrogens is 466 g/mol. The number of nitrogens with one attached hydrogen (secondary N) is 2. The van der Waals surface area contributed by atoms with Crippen molar-refractivity contribution >= 4 is 23.4 Å². The Morgan fingerprint density at radius 1 is 0.889 bits per heavy atom. The summed E-state index contributed by atoms with van der Waals surface area (Å²) in [6.07, 6.45) is 2.25. The highest BCUT2D eigenvalue weighted by atomic mass is 32.1. The lowest BCUT2D eigenvalue weighted by Crippen LogP contribution is -2.49. The zero-order valence-electron chi connectivity index (χ0n) is 20.9. The second-order valence-electron chi connectivity index (χ2n) is 9.28. The maximum Gasteiger partial charge on any atom is 0.171 e. The second kappa shape index (κ2) is 10.6. The predicted octanol–water partition coefficient (Wildman–Crippen LogP) is 5.38. The Morgan fingerprint density at radius 3 is 2.17 bits per heavy atom. The second-order valence-corrected chi connectivity index (χ2v) is 9.69. The molecule has 0 spiro atoms. The predicted molar refractivity (Wildman–Crippen MR) is 149 cm³/mol. The molecule has 2 N–H and O–H groups in total. The maximum atomic E-state index is 5.66. The monoisotopic (exact) mass is 497 g/mol. The van der Waals surface area contributed by atoms with Crippen LogP contribution in [0.4, 0.5) is 0 Å². The molecule has 6 heteroatoms. The van der Waals surface area contributed by atoms with Gasteiger partial charge in [-0.25, -0.2) is 0 Å². The van der Waals surface area contributed by atoms with E-state index in [-0.39, 0.29) is 6.04 Å². The molecule has 0 saturated heterocycles. The van der Waals surface area contributed by atoms with Crippen LogP contribution in [0.5, 0.6) is 11.5 Å². The van der Waals surface area contributed by atoms with Gasteiger partial charge in [-0.1, -0.05) is 54.1 Å². The number of aryl methyl sites for hydroxylation is 1. The number of benzene rings is 3. The minimum Gasteiger partial charge on any atom is -0.497 e. The number of ether oxygens (including phenoxy) is 2. The molecule has 0 saturated carbocycles. The molecule has 1 unspecified atom stereocenters. The van der Waals surface area contributed by atoms with Gasteiger partial charge >= 0.3 is 0 Å². The first-order chi connectivity index (χ1) is 17.5. The summed E-state index contributed by atoms with van der Waals surface area (Å²) >= 11 is 5.66. The number of nitrogens with zero attached hydrogens (tertiary/aromatic N) is 1. The van der Waals surface area contributed by atoms with E-state index in [1.165, 1.54) is 22.3 Å². The third-order valence-electron chi connectivity index (χ3n) is 6.73. The van der Waals surface area contributed by atoms with E-state index in [1.54, 1.807) is 14.2 Å². The average molecular weight is 498 g/mol. The van der Waals surface area contributed by atoms with Gasteiger partial charge < -0.3 is 20.1 Å². The summed E-state index contributed by atoms with van der Waals surface area (Å²) in [7, 11) is 3.38. The van der Waals surface area contributed by atoms with E-state index in [0.717, 1.165) is 48.0 Å². The molecule has 0 aliphatic carbocycles. The fraction of sp³-hybridized carbons (Fsp3) is 0.233. The van der Waals surface area contributed by atoms with Crippen LogP contribution in [-0.2, 0) is 6.54 Å². The van der Waals surface area contributed by atoms with E-state index in [1.807, 2.05) is 24.3 Å². The molecular formula is C30H31N3O2S. The Kier molecular flexibility index (Phi) is 7.07. The first kappa shape index (κ1) is 24.1. The zero-order chi connectivity index (χ0) is 25.1. The van der Waals surface area contributed by atoms with Crippen molar-refractivity contribution in [2.75, 3.05) is 27.3 Å². The van der Waals surface area contributed by atoms with Crippen molar-refractivity contribution in [2.24, 2.45) is 0 Å². The highest BCUT2D eigenvalue weighted by Gasteiger charge is 2.33. The first-order valence-corrected chi connectivity index (χ1v) is 12.5. The van der Waals surface area contributed by atoms with Gasteiger partial charge in [-0.15, -0.1) is 0 Å². The van der Waals surface area contributed by atoms with Crippen molar-refractivity contribution < 1.29 is 9.47 Å². The van der Waals surface area contributed by atoms with E-state index >= 15 is 0 Å². The van der Waals surface area contributed by atoms with E-state index in [0.29, 0.717) is 5.11 Å². The van der Waals surface area contributed by atoms with Crippen LogP contribution in [0.3, 0.4) is 0 Å². The number of hydrogen-bond donors (Lipinski definition) is 2. The number of hydrogen-bond acceptors (Lipinski definition) is 4. The average Bonchev–Trinajstić information content (AvgIpc) is 2.90. The fourth-order valence-electron chi connectivity index (χ4n) is 4.83. The Balaban J connectivity index is 1.54. The SMILES string of the molecule is COc1ccc(/C=C2\CN(Cc3ccc(C)cc3)CC3=C2NC(=S)NC3c2ccc(OC)cc2)cc1. The van der Waals surface area contributed by atoms with E-state index in [9.17, 15) is 0 Å². The molecule has 2 aliphatic heterocycles. The highest BCUT2D eigenvalue weighted by molar-refractivity contribution is 7.80. The summed E-state index contributed by atoms with van der Waals surface area (Å²) in [6.45, 7) is 4.65. The van der Waals surface area contributed by atoms with Gasteiger partial charge in [0, 0.05) is 25.3 Å². The van der Waals surface area contributed by atoms with E-state index in [2.05, 4.69) is 77.1 Å². The molecule has 0 aromatic heterocycles. The first-order valence-electron chi connectivity index (χ1n) is 12.1. The van der Waals surface area contributed by atoms with Crippen molar-refractivity contribution in [3.05, 3.63) is 112 Å². The Morgan fingerprint density at radius 2 is 1.53 bits per heavy atom.